The minimum Gasteiger partial charge on any atom is -0.464 e. The maximum atomic E-state index is 14.0. The molecule has 1 aromatic carbocycles. The van der Waals surface area contributed by atoms with Crippen molar-refractivity contribution in [2.75, 3.05) is 6.61 Å². The van der Waals surface area contributed by atoms with Crippen molar-refractivity contribution in [3.63, 3.8) is 0 Å². The monoisotopic (exact) mass is 326 g/mol. The van der Waals surface area contributed by atoms with E-state index in [2.05, 4.69) is 5.18 Å². The van der Waals surface area contributed by atoms with Crippen LogP contribution in [0.5, 0.6) is 0 Å². The number of nitroso groups, excluding NO2 is 1. The summed E-state index contributed by atoms with van der Waals surface area (Å²) in [5, 5.41) is 2.83. The second kappa shape index (κ2) is 8.14. The molecule has 0 bridgehead atoms. The first kappa shape index (κ1) is 18.4. The van der Waals surface area contributed by atoms with Crippen molar-refractivity contribution in [1.82, 2.24) is 4.90 Å². The number of ether oxygens (including phenoxy) is 1. The van der Waals surface area contributed by atoms with Gasteiger partial charge in [-0.3, -0.25) is 0 Å². The van der Waals surface area contributed by atoms with Crippen LogP contribution in [0.1, 0.15) is 24.9 Å². The van der Waals surface area contributed by atoms with E-state index < -0.39 is 23.6 Å². The highest BCUT2D eigenvalue weighted by Crippen LogP contribution is 2.29. The summed E-state index contributed by atoms with van der Waals surface area (Å²) < 4.78 is 32.1. The molecule has 23 heavy (non-hydrogen) atoms. The van der Waals surface area contributed by atoms with Crippen LogP contribution in [0.4, 0.5) is 8.78 Å². The molecule has 0 fully saturated rings. The number of rotatable bonds is 5. The summed E-state index contributed by atoms with van der Waals surface area (Å²) in [4.78, 5) is 24.2. The number of carbonyl (C=O) groups excluding carboxylic acids is 1. The lowest BCUT2D eigenvalue weighted by Crippen LogP contribution is -2.30. The Morgan fingerprint density at radius 3 is 2.78 bits per heavy atom. The van der Waals surface area contributed by atoms with Gasteiger partial charge >= 0.3 is 5.97 Å². The van der Waals surface area contributed by atoms with Crippen LogP contribution in [0.15, 0.2) is 47.5 Å². The summed E-state index contributed by atoms with van der Waals surface area (Å²) in [5.74, 6) is -2.32. The van der Waals surface area contributed by atoms with Crippen LogP contribution < -0.4 is 0 Å². The Morgan fingerprint density at radius 1 is 1.43 bits per heavy atom. The van der Waals surface area contributed by atoms with Gasteiger partial charge in [0.1, 0.15) is 17.3 Å². The number of carbonyl (C=O) groups is 1. The Balaban J connectivity index is 0.00000264. The molecule has 1 unspecified atom stereocenters. The molecule has 1 atom stereocenters. The largest absolute Gasteiger partial charge is 0.464 e. The van der Waals surface area contributed by atoms with Crippen molar-refractivity contribution in [3.05, 3.63) is 64.5 Å². The van der Waals surface area contributed by atoms with Crippen LogP contribution >= 0.6 is 0 Å². The Hall–Kier alpha value is -2.61. The molecule has 1 aliphatic rings. The third kappa shape index (κ3) is 4.19. The molecule has 8 heteroatoms. The molecule has 0 saturated carbocycles. The first-order valence-electron chi connectivity index (χ1n) is 6.66. The number of hydrogen-bond donors (Lipinski definition) is 0. The maximum absolute atomic E-state index is 14.0. The van der Waals surface area contributed by atoms with E-state index in [1.54, 1.807) is 13.0 Å². The van der Waals surface area contributed by atoms with Gasteiger partial charge in [-0.1, -0.05) is 12.1 Å². The molecule has 0 radical (unpaired) electrons. The second-order valence-electron chi connectivity index (χ2n) is 4.57. The Kier molecular flexibility index (Phi) is 6.52. The molecule has 124 valence electrons. The van der Waals surface area contributed by atoms with Gasteiger partial charge in [-0.2, -0.15) is 0 Å². The number of hydrogen-bond acceptors (Lipinski definition) is 5. The third-order valence-electron chi connectivity index (χ3n) is 3.08. The standard InChI is InChI=1S/C15H14F2N2O3.H2O/c1-2-22-15(20)14(12-6-5-10(16)8-13(12)17)19-7-3-4-11(9-19)18-21;/h3,5-9,14H,2,4H2,1H3;1H2. The van der Waals surface area contributed by atoms with Gasteiger partial charge in [-0.05, 0) is 18.2 Å². The summed E-state index contributed by atoms with van der Waals surface area (Å²) in [7, 11) is 0. The Bertz CT molecular complexity index is 646. The lowest BCUT2D eigenvalue weighted by Gasteiger charge is -2.28. The average Bonchev–Trinajstić information content (AvgIpc) is 2.50. The van der Waals surface area contributed by atoms with E-state index >= 15 is 0 Å². The van der Waals surface area contributed by atoms with Crippen molar-refractivity contribution in [2.45, 2.75) is 19.4 Å². The fourth-order valence-corrected chi connectivity index (χ4v) is 2.14. The van der Waals surface area contributed by atoms with Crippen LogP contribution in [-0.4, -0.2) is 23.0 Å². The predicted molar refractivity (Wildman–Crippen MR) is 78.8 cm³/mol. The summed E-state index contributed by atoms with van der Waals surface area (Å²) in [6, 6.07) is 1.77. The SMILES string of the molecule is CCOC(=O)C(c1ccc(F)cc1F)N1C=CCC(N=O)=C1.O. The van der Waals surface area contributed by atoms with Gasteiger partial charge in [0.05, 0.1) is 6.61 Å². The molecule has 0 saturated heterocycles. The second-order valence-corrected chi connectivity index (χ2v) is 4.57. The highest BCUT2D eigenvalue weighted by Gasteiger charge is 2.30. The van der Waals surface area contributed by atoms with Crippen LogP contribution in [0.3, 0.4) is 0 Å². The molecular weight excluding hydrogens is 310 g/mol. The molecular formula is C15H16F2N2O4. The number of allylic oxidation sites excluding steroid dienone is 1. The minimum atomic E-state index is -1.16. The molecule has 0 aliphatic carbocycles. The van der Waals surface area contributed by atoms with Crippen molar-refractivity contribution in [1.29, 1.82) is 0 Å². The van der Waals surface area contributed by atoms with Gasteiger partial charge in [0, 0.05) is 30.5 Å². The van der Waals surface area contributed by atoms with Gasteiger partial charge in [-0.25, -0.2) is 13.6 Å². The van der Waals surface area contributed by atoms with E-state index in [1.807, 2.05) is 0 Å². The molecule has 1 aromatic rings. The van der Waals surface area contributed by atoms with Gasteiger partial charge in [0.2, 0.25) is 0 Å². The van der Waals surface area contributed by atoms with Gasteiger partial charge in [0.25, 0.3) is 0 Å². The molecule has 0 aromatic heterocycles. The molecule has 2 rings (SSSR count). The van der Waals surface area contributed by atoms with E-state index in [4.69, 9.17) is 4.74 Å². The number of benzene rings is 1. The Morgan fingerprint density at radius 2 is 2.17 bits per heavy atom. The van der Waals surface area contributed by atoms with Crippen molar-refractivity contribution >= 4 is 5.97 Å². The summed E-state index contributed by atoms with van der Waals surface area (Å²) >= 11 is 0. The molecule has 1 aliphatic heterocycles. The highest BCUT2D eigenvalue weighted by atomic mass is 19.1. The molecule has 6 nitrogen and oxygen atoms in total. The fraction of sp³-hybridized carbons (Fsp3) is 0.267. The molecule has 0 amide bonds. The highest BCUT2D eigenvalue weighted by molar-refractivity contribution is 5.78. The van der Waals surface area contributed by atoms with Crippen molar-refractivity contribution in [3.8, 4) is 0 Å². The predicted octanol–water partition coefficient (Wildman–Crippen LogP) is 2.57. The zero-order valence-corrected chi connectivity index (χ0v) is 12.3. The van der Waals surface area contributed by atoms with Crippen LogP contribution in [0.2, 0.25) is 0 Å². The summed E-state index contributed by atoms with van der Waals surface area (Å²) in [5.41, 5.74) is 0.146. The molecule has 2 N–H and O–H groups in total. The molecule has 1 heterocycles. The minimum absolute atomic E-state index is 0. The first-order chi connectivity index (χ1) is 10.6. The summed E-state index contributed by atoms with van der Waals surface area (Å²) in [6.07, 6.45) is 4.81. The van der Waals surface area contributed by atoms with E-state index in [1.165, 1.54) is 23.4 Å². The fourth-order valence-electron chi connectivity index (χ4n) is 2.14. The molecule has 0 spiro atoms. The number of nitrogens with zero attached hydrogens (tertiary/aromatic N) is 2. The van der Waals surface area contributed by atoms with Crippen LogP contribution in [0.25, 0.3) is 0 Å². The summed E-state index contributed by atoms with van der Waals surface area (Å²) in [6.45, 7) is 1.73. The number of halogens is 2. The number of esters is 1. The van der Waals surface area contributed by atoms with E-state index in [0.717, 1.165) is 6.07 Å². The lowest BCUT2D eigenvalue weighted by molar-refractivity contribution is -0.148. The lowest BCUT2D eigenvalue weighted by atomic mass is 10.0. The van der Waals surface area contributed by atoms with Crippen molar-refractivity contribution in [2.24, 2.45) is 5.18 Å². The first-order valence-corrected chi connectivity index (χ1v) is 6.66. The van der Waals surface area contributed by atoms with Gasteiger partial charge in [0.15, 0.2) is 6.04 Å². The normalized spacial score (nSPS) is 14.6. The zero-order chi connectivity index (χ0) is 16.1. The van der Waals surface area contributed by atoms with Crippen molar-refractivity contribution < 1.29 is 23.8 Å². The average molecular weight is 326 g/mol. The Labute approximate surface area is 131 Å². The zero-order valence-electron chi connectivity index (χ0n) is 12.3. The van der Waals surface area contributed by atoms with E-state index in [-0.39, 0.29) is 23.3 Å². The van der Waals surface area contributed by atoms with E-state index in [9.17, 15) is 18.5 Å². The smallest absolute Gasteiger partial charge is 0.333 e. The topological polar surface area (TPSA) is 90.5 Å². The maximum Gasteiger partial charge on any atom is 0.333 e. The van der Waals surface area contributed by atoms with Crippen LogP contribution in [-0.2, 0) is 9.53 Å². The van der Waals surface area contributed by atoms with E-state index in [0.29, 0.717) is 12.5 Å². The third-order valence-corrected chi connectivity index (χ3v) is 3.08. The van der Waals surface area contributed by atoms with Gasteiger partial charge in [-0.15, -0.1) is 4.91 Å². The van der Waals surface area contributed by atoms with Crippen LogP contribution in [0, 0.1) is 16.5 Å². The quantitative estimate of drug-likeness (QED) is 0.614. The van der Waals surface area contributed by atoms with Gasteiger partial charge < -0.3 is 15.1 Å².